The number of carbonyl (C=O) groups excluding carboxylic acids is 2. The molecule has 1 fully saturated rings. The number of primary amides is 1. The number of fused-ring (bicyclic) bond motifs is 1. The number of thioether (sulfide) groups is 2. The first-order chi connectivity index (χ1) is 6.65. The van der Waals surface area contributed by atoms with Crippen molar-refractivity contribution in [3.05, 3.63) is 9.93 Å². The summed E-state index contributed by atoms with van der Waals surface area (Å²) in [4.78, 5) is 23.9. The van der Waals surface area contributed by atoms with E-state index in [4.69, 9.17) is 5.73 Å². The van der Waals surface area contributed by atoms with Crippen LogP contribution < -0.4 is 5.73 Å². The van der Waals surface area contributed by atoms with Crippen LogP contribution in [0, 0.1) is 0 Å². The Morgan fingerprint density at radius 2 is 2.50 bits per heavy atom. The molecule has 2 N–H and O–H groups in total. The molecule has 0 aromatic carbocycles. The standard InChI is InChI=1S/C8H10N2O2S2/c1-2-13-8-6(7(9)12)10-4(11)3-5(10)14-8/h5H,2-3H2,1H3,(H2,9,12)/t5-/m0/s1. The number of hydrogen-bond donors (Lipinski definition) is 1. The van der Waals surface area contributed by atoms with Crippen molar-refractivity contribution in [2.24, 2.45) is 5.73 Å². The third-order valence-corrected chi connectivity index (χ3v) is 4.54. The maximum Gasteiger partial charge on any atom is 0.267 e. The summed E-state index contributed by atoms with van der Waals surface area (Å²) in [6.45, 7) is 2.01. The van der Waals surface area contributed by atoms with E-state index in [1.165, 1.54) is 4.90 Å². The fourth-order valence-electron chi connectivity index (χ4n) is 1.48. The van der Waals surface area contributed by atoms with Crippen LogP contribution in [0.1, 0.15) is 13.3 Å². The molecule has 0 radical (unpaired) electrons. The van der Waals surface area contributed by atoms with Gasteiger partial charge in [-0.05, 0) is 5.75 Å². The molecule has 0 unspecified atom stereocenters. The van der Waals surface area contributed by atoms with Crippen LogP contribution in [0.15, 0.2) is 9.93 Å². The first-order valence-corrected chi connectivity index (χ1v) is 6.17. The van der Waals surface area contributed by atoms with E-state index in [1.807, 2.05) is 6.92 Å². The van der Waals surface area contributed by atoms with Crippen LogP contribution in [0.5, 0.6) is 0 Å². The molecule has 4 nitrogen and oxygen atoms in total. The monoisotopic (exact) mass is 230 g/mol. The summed E-state index contributed by atoms with van der Waals surface area (Å²) in [7, 11) is 0. The van der Waals surface area contributed by atoms with E-state index in [2.05, 4.69) is 0 Å². The molecule has 14 heavy (non-hydrogen) atoms. The quantitative estimate of drug-likeness (QED) is 0.725. The van der Waals surface area contributed by atoms with Crippen molar-refractivity contribution >= 4 is 35.3 Å². The van der Waals surface area contributed by atoms with E-state index in [0.717, 1.165) is 9.99 Å². The molecule has 0 aromatic heterocycles. The normalized spacial score (nSPS) is 25.1. The molecule has 1 atom stereocenters. The maximum absolute atomic E-state index is 11.2. The molecule has 0 aliphatic carbocycles. The summed E-state index contributed by atoms with van der Waals surface area (Å²) in [5, 5.41) is 0.124. The average Bonchev–Trinajstić information content (AvgIpc) is 2.39. The second-order valence-electron chi connectivity index (χ2n) is 2.97. The largest absolute Gasteiger partial charge is 0.364 e. The number of β-lactam (4-membered cyclic amide) rings is 1. The zero-order valence-corrected chi connectivity index (χ0v) is 9.28. The highest BCUT2D eigenvalue weighted by molar-refractivity contribution is 8.22. The number of hydrogen-bond acceptors (Lipinski definition) is 4. The van der Waals surface area contributed by atoms with Gasteiger partial charge in [0.15, 0.2) is 0 Å². The van der Waals surface area contributed by atoms with Gasteiger partial charge in [0.2, 0.25) is 5.91 Å². The SMILES string of the molecule is CCSC1=C(C(N)=O)N2C(=O)C[C@@H]2S1. The molecule has 2 heterocycles. The smallest absolute Gasteiger partial charge is 0.267 e. The van der Waals surface area contributed by atoms with E-state index >= 15 is 0 Å². The molecule has 2 rings (SSSR count). The first kappa shape index (κ1) is 9.92. The molecule has 76 valence electrons. The summed E-state index contributed by atoms with van der Waals surface area (Å²) in [6, 6.07) is 0. The predicted molar refractivity (Wildman–Crippen MR) is 57.2 cm³/mol. The maximum atomic E-state index is 11.2. The number of nitrogens with two attached hydrogens (primary N) is 1. The first-order valence-electron chi connectivity index (χ1n) is 4.30. The molecular formula is C8H10N2O2S2. The summed E-state index contributed by atoms with van der Waals surface area (Å²) in [6.07, 6.45) is 0.523. The van der Waals surface area contributed by atoms with Gasteiger partial charge in [0.05, 0.1) is 16.0 Å². The van der Waals surface area contributed by atoms with Gasteiger partial charge in [0, 0.05) is 0 Å². The summed E-state index contributed by atoms with van der Waals surface area (Å²) in [5.41, 5.74) is 5.66. The van der Waals surface area contributed by atoms with Gasteiger partial charge in [-0.15, -0.1) is 11.8 Å². The lowest BCUT2D eigenvalue weighted by atomic mass is 10.2. The number of carbonyl (C=O) groups is 2. The Balaban J connectivity index is 2.28. The minimum absolute atomic E-state index is 0.00278. The van der Waals surface area contributed by atoms with Gasteiger partial charge in [-0.3, -0.25) is 14.5 Å². The van der Waals surface area contributed by atoms with E-state index in [-0.39, 0.29) is 11.3 Å². The topological polar surface area (TPSA) is 63.4 Å². The predicted octanol–water partition coefficient (Wildman–Crippen LogP) is 0.699. The zero-order valence-electron chi connectivity index (χ0n) is 7.65. The molecule has 2 aliphatic rings. The van der Waals surface area contributed by atoms with Crippen LogP contribution in [0.3, 0.4) is 0 Å². The Morgan fingerprint density at radius 3 is 3.00 bits per heavy atom. The van der Waals surface area contributed by atoms with E-state index in [0.29, 0.717) is 12.1 Å². The Morgan fingerprint density at radius 1 is 1.79 bits per heavy atom. The Labute approximate surface area is 90.3 Å². The van der Waals surface area contributed by atoms with Gasteiger partial charge in [-0.25, -0.2) is 0 Å². The van der Waals surface area contributed by atoms with E-state index in [1.54, 1.807) is 23.5 Å². The van der Waals surface area contributed by atoms with Crippen LogP contribution in [-0.2, 0) is 9.59 Å². The van der Waals surface area contributed by atoms with Gasteiger partial charge in [0.1, 0.15) is 5.70 Å². The molecule has 2 aliphatic heterocycles. The molecular weight excluding hydrogens is 220 g/mol. The third kappa shape index (κ3) is 1.33. The zero-order chi connectivity index (χ0) is 10.3. The van der Waals surface area contributed by atoms with Gasteiger partial charge in [-0.1, -0.05) is 18.7 Å². The van der Waals surface area contributed by atoms with Gasteiger partial charge >= 0.3 is 0 Å². The lowest BCUT2D eigenvalue weighted by Gasteiger charge is -2.34. The summed E-state index contributed by atoms with van der Waals surface area (Å²) < 4.78 is 0.899. The van der Waals surface area contributed by atoms with Crippen LogP contribution in [0.4, 0.5) is 0 Å². The van der Waals surface area contributed by atoms with Crippen molar-refractivity contribution in [2.45, 2.75) is 18.7 Å². The van der Waals surface area contributed by atoms with Crippen LogP contribution in [0.2, 0.25) is 0 Å². The average molecular weight is 230 g/mol. The van der Waals surface area contributed by atoms with E-state index in [9.17, 15) is 9.59 Å². The molecule has 0 saturated carbocycles. The molecule has 6 heteroatoms. The Kier molecular flexibility index (Phi) is 2.48. The molecule has 0 aromatic rings. The number of nitrogens with zero attached hydrogens (tertiary/aromatic N) is 1. The van der Waals surface area contributed by atoms with Gasteiger partial charge < -0.3 is 5.73 Å². The second-order valence-corrected chi connectivity index (χ2v) is 5.69. The summed E-state index contributed by atoms with van der Waals surface area (Å²) >= 11 is 3.14. The third-order valence-electron chi connectivity index (χ3n) is 2.09. The van der Waals surface area contributed by atoms with Crippen molar-refractivity contribution in [1.82, 2.24) is 4.90 Å². The second kappa shape index (κ2) is 3.51. The number of rotatable bonds is 3. The van der Waals surface area contributed by atoms with Crippen molar-refractivity contribution in [2.75, 3.05) is 5.75 Å². The fourth-order valence-corrected chi connectivity index (χ4v) is 4.15. The molecule has 2 amide bonds. The van der Waals surface area contributed by atoms with Crippen molar-refractivity contribution in [1.29, 1.82) is 0 Å². The van der Waals surface area contributed by atoms with Crippen molar-refractivity contribution < 1.29 is 9.59 Å². The molecule has 1 saturated heterocycles. The minimum Gasteiger partial charge on any atom is -0.364 e. The highest BCUT2D eigenvalue weighted by atomic mass is 32.2. The van der Waals surface area contributed by atoms with Gasteiger partial charge in [-0.2, -0.15) is 0 Å². The lowest BCUT2D eigenvalue weighted by molar-refractivity contribution is -0.140. The molecule has 0 bridgehead atoms. The summed E-state index contributed by atoms with van der Waals surface area (Å²) in [5.74, 6) is 0.389. The van der Waals surface area contributed by atoms with Crippen LogP contribution in [-0.4, -0.2) is 27.8 Å². The fraction of sp³-hybridized carbons (Fsp3) is 0.500. The Bertz CT molecular complexity index is 340. The highest BCUT2D eigenvalue weighted by Crippen LogP contribution is 2.50. The van der Waals surface area contributed by atoms with Crippen LogP contribution >= 0.6 is 23.5 Å². The number of amides is 2. The van der Waals surface area contributed by atoms with Gasteiger partial charge in [0.25, 0.3) is 5.91 Å². The molecule has 0 spiro atoms. The lowest BCUT2D eigenvalue weighted by Crippen LogP contribution is -2.49. The minimum atomic E-state index is -0.496. The Hall–Kier alpha value is -0.620. The van der Waals surface area contributed by atoms with Crippen molar-refractivity contribution in [3.8, 4) is 0 Å². The highest BCUT2D eigenvalue weighted by Gasteiger charge is 2.47. The van der Waals surface area contributed by atoms with Crippen LogP contribution in [0.25, 0.3) is 0 Å². The van der Waals surface area contributed by atoms with Crippen molar-refractivity contribution in [3.63, 3.8) is 0 Å². The van der Waals surface area contributed by atoms with E-state index < -0.39 is 5.91 Å².